The molecule has 10 nitrogen and oxygen atoms in total. The summed E-state index contributed by atoms with van der Waals surface area (Å²) in [7, 11) is 0. The maximum atomic E-state index is 12.6. The Balaban J connectivity index is 1.65. The van der Waals surface area contributed by atoms with Gasteiger partial charge in [-0.2, -0.15) is 0 Å². The van der Waals surface area contributed by atoms with Crippen LogP contribution in [0.5, 0.6) is 0 Å². The average molecular weight is 455 g/mol. The third-order valence-electron chi connectivity index (χ3n) is 4.83. The molecule has 1 aromatic carbocycles. The Morgan fingerprint density at radius 3 is 2.72 bits per heavy atom. The number of hydrogen-bond acceptors (Lipinski definition) is 8. The van der Waals surface area contributed by atoms with Crippen molar-refractivity contribution in [1.29, 1.82) is 0 Å². The van der Waals surface area contributed by atoms with Crippen molar-refractivity contribution in [2.45, 2.75) is 49.8 Å². The third kappa shape index (κ3) is 4.28. The van der Waals surface area contributed by atoms with Gasteiger partial charge in [-0.25, -0.2) is 9.78 Å². The van der Waals surface area contributed by atoms with E-state index in [2.05, 4.69) is 36.6 Å². The number of H-pyrrole nitrogens is 2. The lowest BCUT2D eigenvalue weighted by atomic mass is 10.2. The van der Waals surface area contributed by atoms with E-state index in [1.807, 2.05) is 24.3 Å². The molecule has 0 atom stereocenters. The number of nitrogens with one attached hydrogen (secondary N) is 2. The quantitative estimate of drug-likeness (QED) is 0.291. The Bertz CT molecular complexity index is 1360. The molecule has 0 unspecified atom stereocenters. The van der Waals surface area contributed by atoms with Crippen molar-refractivity contribution in [2.24, 2.45) is 0 Å². The summed E-state index contributed by atoms with van der Waals surface area (Å²) in [5, 5.41) is 10.1. The molecule has 0 fully saturated rings. The van der Waals surface area contributed by atoms with Crippen LogP contribution < -0.4 is 5.69 Å². The summed E-state index contributed by atoms with van der Waals surface area (Å²) in [6.07, 6.45) is 0.776. The normalized spacial score (nSPS) is 11.3. The van der Waals surface area contributed by atoms with Gasteiger partial charge in [-0.05, 0) is 31.2 Å². The van der Waals surface area contributed by atoms with Crippen molar-refractivity contribution in [3.63, 3.8) is 0 Å². The van der Waals surface area contributed by atoms with Gasteiger partial charge < -0.3 is 14.3 Å². The van der Waals surface area contributed by atoms with Crippen LogP contribution in [0.1, 0.15) is 43.6 Å². The highest BCUT2D eigenvalue weighted by Gasteiger charge is 2.20. The number of ether oxygens (including phenoxy) is 1. The summed E-state index contributed by atoms with van der Waals surface area (Å²) in [6, 6.07) is 7.92. The highest BCUT2D eigenvalue weighted by atomic mass is 32.2. The summed E-state index contributed by atoms with van der Waals surface area (Å²) < 4.78 is 6.94. The number of carbonyl (C=O) groups excluding carboxylic acids is 2. The number of benzene rings is 1. The number of para-hydroxylation sites is 1. The number of Topliss-reactive ketones (excluding diaryl/α,β-unsaturated/α-hetero) is 1. The zero-order valence-electron chi connectivity index (χ0n) is 17.7. The van der Waals surface area contributed by atoms with E-state index in [4.69, 9.17) is 4.74 Å². The Morgan fingerprint density at radius 2 is 1.94 bits per heavy atom. The lowest BCUT2D eigenvalue weighted by Crippen LogP contribution is -2.10. The molecule has 4 rings (SSSR count). The molecular weight excluding hydrogens is 432 g/mol. The highest BCUT2D eigenvalue weighted by Crippen LogP contribution is 2.30. The van der Waals surface area contributed by atoms with E-state index in [1.54, 1.807) is 6.92 Å². The number of carbonyl (C=O) groups is 2. The van der Waals surface area contributed by atoms with Crippen molar-refractivity contribution in [3.8, 4) is 0 Å². The van der Waals surface area contributed by atoms with E-state index >= 15 is 0 Å². The summed E-state index contributed by atoms with van der Waals surface area (Å²) in [5.74, 6) is -0.845. The van der Waals surface area contributed by atoms with Crippen molar-refractivity contribution in [1.82, 2.24) is 29.7 Å². The van der Waals surface area contributed by atoms with Gasteiger partial charge in [0.15, 0.2) is 11.4 Å². The van der Waals surface area contributed by atoms with Crippen LogP contribution >= 0.6 is 11.8 Å². The van der Waals surface area contributed by atoms with Gasteiger partial charge in [0.2, 0.25) is 5.16 Å². The lowest BCUT2D eigenvalue weighted by molar-refractivity contribution is -0.143. The van der Waals surface area contributed by atoms with Gasteiger partial charge in [-0.15, -0.1) is 10.2 Å². The second-order valence-electron chi connectivity index (χ2n) is 7.05. The van der Waals surface area contributed by atoms with Crippen LogP contribution in [0.25, 0.3) is 22.1 Å². The van der Waals surface area contributed by atoms with Gasteiger partial charge in [0, 0.05) is 18.4 Å². The summed E-state index contributed by atoms with van der Waals surface area (Å²) >= 11 is 1.04. The van der Waals surface area contributed by atoms with Crippen molar-refractivity contribution in [2.75, 3.05) is 6.61 Å². The molecule has 0 aliphatic rings. The molecule has 0 bridgehead atoms. The third-order valence-corrected chi connectivity index (χ3v) is 5.69. The van der Waals surface area contributed by atoms with Crippen molar-refractivity contribution >= 4 is 45.6 Å². The predicted molar refractivity (Wildman–Crippen MR) is 119 cm³/mol. The van der Waals surface area contributed by atoms with Crippen LogP contribution in [0.4, 0.5) is 0 Å². The number of imidazole rings is 1. The topological polar surface area (TPSA) is 136 Å². The van der Waals surface area contributed by atoms with E-state index in [0.29, 0.717) is 16.3 Å². The van der Waals surface area contributed by atoms with E-state index in [0.717, 1.165) is 35.6 Å². The second kappa shape index (κ2) is 9.35. The molecule has 0 radical (unpaired) electrons. The van der Waals surface area contributed by atoms with Crippen LogP contribution in [0.15, 0.2) is 39.2 Å². The fraction of sp³-hybridized carbons (Fsp3) is 0.333. The lowest BCUT2D eigenvalue weighted by Gasteiger charge is -2.05. The first-order chi connectivity index (χ1) is 15.5. The van der Waals surface area contributed by atoms with Gasteiger partial charge >= 0.3 is 11.7 Å². The largest absolute Gasteiger partial charge is 0.466 e. The van der Waals surface area contributed by atoms with Gasteiger partial charge in [-0.3, -0.25) is 14.6 Å². The van der Waals surface area contributed by atoms with Crippen molar-refractivity contribution < 1.29 is 14.3 Å². The molecule has 0 aliphatic carbocycles. The average Bonchev–Trinajstić information content (AvgIpc) is 3.30. The molecule has 0 aliphatic heterocycles. The molecule has 0 amide bonds. The van der Waals surface area contributed by atoms with Gasteiger partial charge in [0.25, 0.3) is 0 Å². The maximum Gasteiger partial charge on any atom is 0.324 e. The first kappa shape index (κ1) is 21.8. The summed E-state index contributed by atoms with van der Waals surface area (Å²) in [5.41, 5.74) is 1.98. The SMILES string of the molecule is CCCn1c2ccccc2c2nnc(Sc3[nH]c(=O)[nH]c3C(=O)CCC(=O)OCC)nc21. The zero-order chi connectivity index (χ0) is 22.7. The molecule has 32 heavy (non-hydrogen) atoms. The van der Waals surface area contributed by atoms with Gasteiger partial charge in [-0.1, -0.05) is 25.1 Å². The van der Waals surface area contributed by atoms with Crippen LogP contribution in [0.3, 0.4) is 0 Å². The number of esters is 1. The van der Waals surface area contributed by atoms with Crippen LogP contribution in [0.2, 0.25) is 0 Å². The molecular formula is C21H22N6O4S. The summed E-state index contributed by atoms with van der Waals surface area (Å²) in [4.78, 5) is 45.8. The smallest absolute Gasteiger partial charge is 0.324 e. The number of hydrogen-bond donors (Lipinski definition) is 2. The predicted octanol–water partition coefficient (Wildman–Crippen LogP) is 3.08. The van der Waals surface area contributed by atoms with Gasteiger partial charge in [0.05, 0.1) is 18.5 Å². The molecule has 4 aromatic rings. The minimum absolute atomic E-state index is 0.0644. The van der Waals surface area contributed by atoms with E-state index < -0.39 is 11.7 Å². The Morgan fingerprint density at radius 1 is 1.12 bits per heavy atom. The summed E-state index contributed by atoms with van der Waals surface area (Å²) in [6.45, 7) is 4.80. The number of fused-ring (bicyclic) bond motifs is 3. The number of ketones is 1. The molecule has 11 heteroatoms. The van der Waals surface area contributed by atoms with Crippen LogP contribution in [0, 0.1) is 0 Å². The minimum atomic E-state index is -0.527. The molecule has 0 saturated carbocycles. The Labute approximate surface area is 186 Å². The second-order valence-corrected chi connectivity index (χ2v) is 8.03. The van der Waals surface area contributed by atoms with E-state index in [1.165, 1.54) is 0 Å². The van der Waals surface area contributed by atoms with Gasteiger partial charge in [0.1, 0.15) is 16.2 Å². The highest BCUT2D eigenvalue weighted by molar-refractivity contribution is 7.99. The zero-order valence-corrected chi connectivity index (χ0v) is 18.5. The molecule has 3 heterocycles. The first-order valence-electron chi connectivity index (χ1n) is 10.3. The van der Waals surface area contributed by atoms with E-state index in [9.17, 15) is 14.4 Å². The van der Waals surface area contributed by atoms with E-state index in [-0.39, 0.29) is 36.0 Å². The number of aryl methyl sites for hydroxylation is 1. The van der Waals surface area contributed by atoms with Crippen LogP contribution in [-0.2, 0) is 16.1 Å². The number of aromatic nitrogens is 6. The maximum absolute atomic E-state index is 12.6. The molecule has 166 valence electrons. The Hall–Kier alpha value is -3.47. The molecule has 0 saturated heterocycles. The minimum Gasteiger partial charge on any atom is -0.466 e. The molecule has 2 N–H and O–H groups in total. The number of aromatic amines is 2. The fourth-order valence-electron chi connectivity index (χ4n) is 3.49. The van der Waals surface area contributed by atoms with Crippen molar-refractivity contribution in [3.05, 3.63) is 40.4 Å². The molecule has 3 aromatic heterocycles. The monoisotopic (exact) mass is 454 g/mol. The standard InChI is InChI=1S/C21H22N6O4S/c1-3-11-27-13-8-6-5-7-12(13)16-18(27)23-21(26-25-16)32-19-17(22-20(30)24-19)14(28)9-10-15(29)31-4-2/h5-8H,3-4,9-11H2,1-2H3,(H2,22,24,30). The number of rotatable bonds is 9. The Kier molecular flexibility index (Phi) is 6.35. The fourth-order valence-corrected chi connectivity index (χ4v) is 4.29. The van der Waals surface area contributed by atoms with Crippen LogP contribution in [-0.4, -0.2) is 48.1 Å². The number of nitrogens with zero attached hydrogens (tertiary/aromatic N) is 4. The molecule has 0 spiro atoms. The first-order valence-corrected chi connectivity index (χ1v) is 11.1.